The van der Waals surface area contributed by atoms with Crippen LogP contribution in [-0.4, -0.2) is 33.1 Å². The molecule has 0 unspecified atom stereocenters. The van der Waals surface area contributed by atoms with E-state index in [4.69, 9.17) is 4.74 Å². The Morgan fingerprint density at radius 3 is 2.63 bits per heavy atom. The minimum atomic E-state index is -3.45. The van der Waals surface area contributed by atoms with Crippen LogP contribution in [0.15, 0.2) is 27.6 Å². The highest BCUT2D eigenvalue weighted by Gasteiger charge is 2.22. The van der Waals surface area contributed by atoms with Crippen LogP contribution in [0, 0.1) is 0 Å². The van der Waals surface area contributed by atoms with Gasteiger partial charge in [-0.25, -0.2) is 13.1 Å². The first-order chi connectivity index (χ1) is 9.03. The quantitative estimate of drug-likeness (QED) is 0.890. The van der Waals surface area contributed by atoms with E-state index in [2.05, 4.69) is 20.7 Å². The molecular weight excluding hydrogens is 350 g/mol. The summed E-state index contributed by atoms with van der Waals surface area (Å²) in [7, 11) is -1.90. The number of nitrogens with one attached hydrogen (secondary N) is 1. The predicted octanol–water partition coefficient (Wildman–Crippen LogP) is 2.63. The molecule has 1 saturated heterocycles. The van der Waals surface area contributed by atoms with E-state index in [-0.39, 0.29) is 10.9 Å². The molecule has 0 amide bonds. The topological polar surface area (TPSA) is 55.4 Å². The van der Waals surface area contributed by atoms with E-state index in [0.29, 0.717) is 10.2 Å². The maximum Gasteiger partial charge on any atom is 0.240 e. The van der Waals surface area contributed by atoms with E-state index in [0.717, 1.165) is 24.3 Å². The summed E-state index contributed by atoms with van der Waals surface area (Å²) in [5.74, 6) is 2.65. The third-order valence-corrected chi connectivity index (χ3v) is 6.16. The summed E-state index contributed by atoms with van der Waals surface area (Å²) in [6.07, 6.45) is 1.78. The van der Waals surface area contributed by atoms with Crippen molar-refractivity contribution in [2.75, 3.05) is 18.6 Å². The van der Waals surface area contributed by atoms with Gasteiger partial charge in [-0.1, -0.05) is 0 Å². The first kappa shape index (κ1) is 15.2. The van der Waals surface area contributed by atoms with Gasteiger partial charge in [0.15, 0.2) is 0 Å². The van der Waals surface area contributed by atoms with Crippen LogP contribution in [0.4, 0.5) is 0 Å². The van der Waals surface area contributed by atoms with Gasteiger partial charge in [0.05, 0.1) is 16.5 Å². The molecule has 0 radical (unpaired) electrons. The molecular formula is C12H16BrNO3S2. The Bertz CT molecular complexity index is 542. The van der Waals surface area contributed by atoms with Gasteiger partial charge in [0, 0.05) is 6.04 Å². The zero-order chi connectivity index (χ0) is 13.9. The highest BCUT2D eigenvalue weighted by atomic mass is 79.9. The molecule has 2 rings (SSSR count). The summed E-state index contributed by atoms with van der Waals surface area (Å²) < 4.78 is 33.1. The molecule has 4 nitrogen and oxygen atoms in total. The Hall–Kier alpha value is -0.240. The fourth-order valence-corrected chi connectivity index (χ4v) is 5.05. The molecule has 1 aliphatic rings. The van der Waals surface area contributed by atoms with Crippen molar-refractivity contribution >= 4 is 37.7 Å². The van der Waals surface area contributed by atoms with E-state index in [1.807, 2.05) is 11.8 Å². The van der Waals surface area contributed by atoms with Crippen molar-refractivity contribution in [3.8, 4) is 5.75 Å². The minimum Gasteiger partial charge on any atom is -0.496 e. The summed E-state index contributed by atoms with van der Waals surface area (Å²) >= 11 is 5.17. The molecule has 1 fully saturated rings. The summed E-state index contributed by atoms with van der Waals surface area (Å²) in [5, 5.41) is 0. The second-order valence-corrected chi connectivity index (χ2v) is 8.10. The monoisotopic (exact) mass is 365 g/mol. The SMILES string of the molecule is COc1ccc(S(=O)(=O)NC2CCSCC2)cc1Br. The first-order valence-electron chi connectivity index (χ1n) is 5.96. The Morgan fingerprint density at radius 2 is 2.05 bits per heavy atom. The largest absolute Gasteiger partial charge is 0.496 e. The average Bonchev–Trinajstić information content (AvgIpc) is 2.39. The molecule has 0 bridgehead atoms. The van der Waals surface area contributed by atoms with Crippen molar-refractivity contribution in [2.24, 2.45) is 0 Å². The number of hydrogen-bond donors (Lipinski definition) is 1. The Morgan fingerprint density at radius 1 is 1.37 bits per heavy atom. The number of hydrogen-bond acceptors (Lipinski definition) is 4. The molecule has 0 aromatic heterocycles. The van der Waals surface area contributed by atoms with E-state index in [1.54, 1.807) is 25.3 Å². The van der Waals surface area contributed by atoms with Gasteiger partial charge in [0.2, 0.25) is 10.0 Å². The average molecular weight is 366 g/mol. The maximum atomic E-state index is 12.3. The third-order valence-electron chi connectivity index (χ3n) is 2.98. The second-order valence-electron chi connectivity index (χ2n) is 4.30. The normalized spacial score (nSPS) is 17.4. The Balaban J connectivity index is 2.16. The molecule has 0 atom stereocenters. The lowest BCUT2D eigenvalue weighted by Gasteiger charge is -2.22. The van der Waals surface area contributed by atoms with Crippen LogP contribution in [0.5, 0.6) is 5.75 Å². The van der Waals surface area contributed by atoms with Crippen molar-refractivity contribution in [3.63, 3.8) is 0 Å². The molecule has 7 heteroatoms. The van der Waals surface area contributed by atoms with Gasteiger partial charge >= 0.3 is 0 Å². The number of benzene rings is 1. The molecule has 1 aromatic rings. The van der Waals surface area contributed by atoms with Gasteiger partial charge in [-0.2, -0.15) is 11.8 Å². The molecule has 0 aliphatic carbocycles. The molecule has 19 heavy (non-hydrogen) atoms. The van der Waals surface area contributed by atoms with Crippen molar-refractivity contribution in [3.05, 3.63) is 22.7 Å². The van der Waals surface area contributed by atoms with E-state index < -0.39 is 10.0 Å². The molecule has 0 spiro atoms. The van der Waals surface area contributed by atoms with Crippen LogP contribution in [0.2, 0.25) is 0 Å². The lowest BCUT2D eigenvalue weighted by Crippen LogP contribution is -2.37. The van der Waals surface area contributed by atoms with Gasteiger partial charge in [-0.3, -0.25) is 0 Å². The van der Waals surface area contributed by atoms with Gasteiger partial charge < -0.3 is 4.74 Å². The Kier molecular flexibility index (Phi) is 5.16. The van der Waals surface area contributed by atoms with Gasteiger partial charge in [-0.15, -0.1) is 0 Å². The fourth-order valence-electron chi connectivity index (χ4n) is 1.92. The van der Waals surface area contributed by atoms with Crippen LogP contribution in [-0.2, 0) is 10.0 Å². The van der Waals surface area contributed by atoms with Crippen molar-refractivity contribution < 1.29 is 13.2 Å². The number of methoxy groups -OCH3 is 1. The summed E-state index contributed by atoms with van der Waals surface area (Å²) in [6.45, 7) is 0. The van der Waals surface area contributed by atoms with Crippen LogP contribution in [0.3, 0.4) is 0 Å². The second kappa shape index (κ2) is 6.47. The highest BCUT2D eigenvalue weighted by molar-refractivity contribution is 9.10. The van der Waals surface area contributed by atoms with Crippen LogP contribution in [0.1, 0.15) is 12.8 Å². The van der Waals surface area contributed by atoms with E-state index in [1.165, 1.54) is 0 Å². The lowest BCUT2D eigenvalue weighted by molar-refractivity contribution is 0.411. The van der Waals surface area contributed by atoms with Crippen molar-refractivity contribution in [2.45, 2.75) is 23.8 Å². The minimum absolute atomic E-state index is 0.0483. The van der Waals surface area contributed by atoms with Crippen molar-refractivity contribution in [1.29, 1.82) is 0 Å². The van der Waals surface area contributed by atoms with Gasteiger partial charge in [0.25, 0.3) is 0 Å². The molecule has 106 valence electrons. The summed E-state index contributed by atoms with van der Waals surface area (Å²) in [6, 6.07) is 4.82. The number of ether oxygens (including phenoxy) is 1. The zero-order valence-corrected chi connectivity index (χ0v) is 13.8. The van der Waals surface area contributed by atoms with Gasteiger partial charge in [-0.05, 0) is 58.5 Å². The van der Waals surface area contributed by atoms with Crippen molar-refractivity contribution in [1.82, 2.24) is 4.72 Å². The summed E-state index contributed by atoms with van der Waals surface area (Å²) in [5.41, 5.74) is 0. The van der Waals surface area contributed by atoms with E-state index in [9.17, 15) is 8.42 Å². The number of rotatable bonds is 4. The Labute approximate surface area is 126 Å². The van der Waals surface area contributed by atoms with Crippen LogP contribution < -0.4 is 9.46 Å². The fraction of sp³-hybridized carbons (Fsp3) is 0.500. The first-order valence-corrected chi connectivity index (χ1v) is 9.39. The van der Waals surface area contributed by atoms with Crippen LogP contribution in [0.25, 0.3) is 0 Å². The number of sulfonamides is 1. The zero-order valence-electron chi connectivity index (χ0n) is 10.6. The molecule has 1 N–H and O–H groups in total. The summed E-state index contributed by atoms with van der Waals surface area (Å²) in [4.78, 5) is 0.262. The third kappa shape index (κ3) is 3.87. The number of halogens is 1. The van der Waals surface area contributed by atoms with E-state index >= 15 is 0 Å². The smallest absolute Gasteiger partial charge is 0.240 e. The molecule has 1 aromatic carbocycles. The molecule has 1 heterocycles. The molecule has 1 aliphatic heterocycles. The predicted molar refractivity (Wildman–Crippen MR) is 81.4 cm³/mol. The van der Waals surface area contributed by atoms with Crippen LogP contribution >= 0.6 is 27.7 Å². The number of thioether (sulfide) groups is 1. The molecule has 0 saturated carbocycles. The standard InChI is InChI=1S/C12H16BrNO3S2/c1-17-12-3-2-10(8-11(12)13)19(15,16)14-9-4-6-18-7-5-9/h2-3,8-9,14H,4-7H2,1H3. The van der Waals surface area contributed by atoms with Gasteiger partial charge in [0.1, 0.15) is 5.75 Å². The lowest BCUT2D eigenvalue weighted by atomic mass is 10.2. The highest BCUT2D eigenvalue weighted by Crippen LogP contribution is 2.28. The maximum absolute atomic E-state index is 12.3.